The second-order valence-electron chi connectivity index (χ2n) is 11.0. The fourth-order valence-corrected chi connectivity index (χ4v) is 5.14. The minimum Gasteiger partial charge on any atom is -0.478 e. The van der Waals surface area contributed by atoms with E-state index in [-0.39, 0.29) is 11.7 Å². The van der Waals surface area contributed by atoms with E-state index in [9.17, 15) is 14.7 Å². The van der Waals surface area contributed by atoms with Crippen molar-refractivity contribution in [1.82, 2.24) is 24.5 Å². The van der Waals surface area contributed by atoms with Crippen molar-refractivity contribution in [3.8, 4) is 22.3 Å². The Bertz CT molecular complexity index is 1770. The molecule has 1 saturated heterocycles. The molecule has 222 valence electrons. The van der Waals surface area contributed by atoms with Crippen LogP contribution >= 0.6 is 0 Å². The van der Waals surface area contributed by atoms with Gasteiger partial charge >= 0.3 is 12.1 Å². The van der Waals surface area contributed by atoms with Crippen molar-refractivity contribution < 1.29 is 19.4 Å². The molecule has 10 heteroatoms. The van der Waals surface area contributed by atoms with Crippen LogP contribution in [-0.2, 0) is 4.74 Å². The Morgan fingerprint density at radius 1 is 0.860 bits per heavy atom. The maximum absolute atomic E-state index is 12.4. The summed E-state index contributed by atoms with van der Waals surface area (Å²) in [7, 11) is 0. The van der Waals surface area contributed by atoms with Gasteiger partial charge in [-0.05, 0) is 56.2 Å². The van der Waals surface area contributed by atoms with Gasteiger partial charge in [-0.15, -0.1) is 0 Å². The number of carbonyl (C=O) groups excluding carboxylic acids is 1. The van der Waals surface area contributed by atoms with E-state index in [1.165, 1.54) is 0 Å². The third-order valence-electron chi connectivity index (χ3n) is 7.15. The van der Waals surface area contributed by atoms with Gasteiger partial charge in [0.05, 0.1) is 17.3 Å². The number of hydrogen-bond donors (Lipinski definition) is 1. The first-order chi connectivity index (χ1) is 20.7. The van der Waals surface area contributed by atoms with Gasteiger partial charge in [0.2, 0.25) is 0 Å². The highest BCUT2D eigenvalue weighted by Crippen LogP contribution is 2.32. The van der Waals surface area contributed by atoms with Crippen LogP contribution in [0.3, 0.4) is 0 Å². The lowest BCUT2D eigenvalue weighted by Crippen LogP contribution is -2.50. The Hall–Kier alpha value is -4.99. The van der Waals surface area contributed by atoms with Crippen LogP contribution in [0.15, 0.2) is 73.3 Å². The monoisotopic (exact) mass is 580 g/mol. The quantitative estimate of drug-likeness (QED) is 0.260. The van der Waals surface area contributed by atoms with Gasteiger partial charge in [-0.2, -0.15) is 5.10 Å². The Kier molecular flexibility index (Phi) is 8.29. The lowest BCUT2D eigenvalue weighted by molar-refractivity contribution is 0.0240. The number of pyridine rings is 1. The standard InChI is InChI=1S/C31H30N6O4.C2H6/c1-31(2,3)41-30(40)36-15-13-35(14-16-36)22-9-7-20(8-10-22)21-17-33-28-26(18-34-37(28)19-21)23-11-12-32-27-24(23)5-4-6-25(27)29(38)39;1-2/h4-12,17-19H,13-16H2,1-3H3,(H,38,39);1-2H3. The Morgan fingerprint density at radius 2 is 1.58 bits per heavy atom. The molecule has 0 aliphatic carbocycles. The zero-order chi connectivity index (χ0) is 30.7. The third kappa shape index (κ3) is 6.13. The third-order valence-corrected chi connectivity index (χ3v) is 7.15. The average Bonchev–Trinajstić information content (AvgIpc) is 3.44. The van der Waals surface area contributed by atoms with E-state index < -0.39 is 11.6 Å². The molecular weight excluding hydrogens is 544 g/mol. The molecule has 1 aliphatic heterocycles. The van der Waals surface area contributed by atoms with E-state index in [2.05, 4.69) is 39.2 Å². The molecule has 43 heavy (non-hydrogen) atoms. The highest BCUT2D eigenvalue weighted by atomic mass is 16.6. The summed E-state index contributed by atoms with van der Waals surface area (Å²) in [5.74, 6) is -1.02. The SMILES string of the molecule is CC.CC(C)(C)OC(=O)N1CCN(c2ccc(-c3cnc4c(-c5ccnc6c(C(=O)O)cccc56)cnn4c3)cc2)CC1. The molecule has 0 atom stereocenters. The number of aromatic carboxylic acids is 1. The summed E-state index contributed by atoms with van der Waals surface area (Å²) < 4.78 is 7.24. The molecule has 2 aromatic carbocycles. The van der Waals surface area contributed by atoms with Crippen molar-refractivity contribution >= 4 is 34.3 Å². The number of carboxylic acid groups (broad SMARTS) is 1. The van der Waals surface area contributed by atoms with E-state index in [0.717, 1.165) is 46.4 Å². The number of carbonyl (C=O) groups is 2. The zero-order valence-corrected chi connectivity index (χ0v) is 25.1. The second-order valence-corrected chi connectivity index (χ2v) is 11.0. The number of nitrogens with zero attached hydrogens (tertiary/aromatic N) is 6. The summed E-state index contributed by atoms with van der Waals surface area (Å²) in [6, 6.07) is 15.3. The molecule has 6 rings (SSSR count). The van der Waals surface area contributed by atoms with E-state index >= 15 is 0 Å². The van der Waals surface area contributed by atoms with Crippen LogP contribution in [0.2, 0.25) is 0 Å². The predicted molar refractivity (Wildman–Crippen MR) is 167 cm³/mol. The molecular formula is C33H36N6O4. The molecule has 4 heterocycles. The highest BCUT2D eigenvalue weighted by molar-refractivity contribution is 6.07. The number of amides is 1. The van der Waals surface area contributed by atoms with Crippen molar-refractivity contribution in [2.75, 3.05) is 31.1 Å². The first-order valence-electron chi connectivity index (χ1n) is 14.5. The molecule has 1 fully saturated rings. The van der Waals surface area contributed by atoms with Gasteiger partial charge in [0.25, 0.3) is 0 Å². The minimum absolute atomic E-state index is 0.157. The Morgan fingerprint density at radius 3 is 2.26 bits per heavy atom. The molecule has 1 amide bonds. The fraction of sp³-hybridized carbons (Fsp3) is 0.303. The molecule has 1 aliphatic rings. The first kappa shape index (κ1) is 29.5. The van der Waals surface area contributed by atoms with Crippen LogP contribution in [-0.4, -0.2) is 73.4 Å². The first-order valence-corrected chi connectivity index (χ1v) is 14.5. The molecule has 0 unspecified atom stereocenters. The van der Waals surface area contributed by atoms with Gasteiger partial charge in [0, 0.05) is 67.0 Å². The van der Waals surface area contributed by atoms with E-state index in [4.69, 9.17) is 9.72 Å². The lowest BCUT2D eigenvalue weighted by atomic mass is 10.0. The lowest BCUT2D eigenvalue weighted by Gasteiger charge is -2.36. The maximum atomic E-state index is 12.4. The minimum atomic E-state index is -1.02. The summed E-state index contributed by atoms with van der Waals surface area (Å²) in [5, 5.41) is 14.9. The predicted octanol–water partition coefficient (Wildman–Crippen LogP) is 6.39. The van der Waals surface area contributed by atoms with Crippen LogP contribution in [0.25, 0.3) is 38.8 Å². The number of ether oxygens (including phenoxy) is 1. The van der Waals surface area contributed by atoms with Crippen molar-refractivity contribution in [1.29, 1.82) is 0 Å². The highest BCUT2D eigenvalue weighted by Gasteiger charge is 2.26. The van der Waals surface area contributed by atoms with Crippen molar-refractivity contribution in [3.05, 3.63) is 78.9 Å². The Balaban J connectivity index is 0.00000180. The van der Waals surface area contributed by atoms with E-state index in [1.54, 1.807) is 33.9 Å². The molecule has 3 aromatic heterocycles. The smallest absolute Gasteiger partial charge is 0.410 e. The number of para-hydroxylation sites is 1. The summed E-state index contributed by atoms with van der Waals surface area (Å²) >= 11 is 0. The fourth-order valence-electron chi connectivity index (χ4n) is 5.14. The van der Waals surface area contributed by atoms with Gasteiger partial charge in [0.15, 0.2) is 5.65 Å². The Labute approximate surface area is 250 Å². The summed E-state index contributed by atoms with van der Waals surface area (Å²) in [4.78, 5) is 37.1. The van der Waals surface area contributed by atoms with E-state index in [0.29, 0.717) is 24.3 Å². The van der Waals surface area contributed by atoms with Gasteiger partial charge in [-0.25, -0.2) is 19.1 Å². The van der Waals surface area contributed by atoms with Crippen molar-refractivity contribution in [2.24, 2.45) is 0 Å². The van der Waals surface area contributed by atoms with Crippen LogP contribution in [0, 0.1) is 0 Å². The number of hydrogen-bond acceptors (Lipinski definition) is 7. The zero-order valence-electron chi connectivity index (χ0n) is 25.1. The largest absolute Gasteiger partial charge is 0.478 e. The molecule has 5 aromatic rings. The van der Waals surface area contributed by atoms with Crippen LogP contribution in [0.1, 0.15) is 45.0 Å². The average molecular weight is 581 g/mol. The second kappa shape index (κ2) is 12.1. The van der Waals surface area contributed by atoms with Gasteiger partial charge in [-0.1, -0.05) is 38.1 Å². The molecule has 0 saturated carbocycles. The maximum Gasteiger partial charge on any atom is 0.410 e. The molecule has 0 radical (unpaired) electrons. The number of carboxylic acids is 1. The summed E-state index contributed by atoms with van der Waals surface area (Å²) in [5.41, 5.74) is 5.40. The number of piperazine rings is 1. The van der Waals surface area contributed by atoms with E-state index in [1.807, 2.05) is 59.1 Å². The van der Waals surface area contributed by atoms with Crippen molar-refractivity contribution in [2.45, 2.75) is 40.2 Å². The van der Waals surface area contributed by atoms with Gasteiger partial charge in [0.1, 0.15) is 5.60 Å². The van der Waals surface area contributed by atoms with Crippen LogP contribution in [0.5, 0.6) is 0 Å². The number of fused-ring (bicyclic) bond motifs is 2. The molecule has 1 N–H and O–H groups in total. The van der Waals surface area contributed by atoms with Crippen LogP contribution in [0.4, 0.5) is 10.5 Å². The van der Waals surface area contributed by atoms with Crippen molar-refractivity contribution in [3.63, 3.8) is 0 Å². The number of aromatic nitrogens is 4. The normalized spacial score (nSPS) is 13.5. The topological polar surface area (TPSA) is 113 Å². The summed E-state index contributed by atoms with van der Waals surface area (Å²) in [6.45, 7) is 12.3. The number of rotatable bonds is 4. The molecule has 10 nitrogen and oxygen atoms in total. The van der Waals surface area contributed by atoms with Gasteiger partial charge in [-0.3, -0.25) is 4.98 Å². The van der Waals surface area contributed by atoms with Crippen LogP contribution < -0.4 is 4.90 Å². The molecule has 0 spiro atoms. The number of benzene rings is 2. The number of anilines is 1. The van der Waals surface area contributed by atoms with Gasteiger partial charge < -0.3 is 19.6 Å². The molecule has 0 bridgehead atoms. The summed E-state index contributed by atoms with van der Waals surface area (Å²) in [6.07, 6.45) is 6.85.